The number of ether oxygens (including phenoxy) is 1. The lowest BCUT2D eigenvalue weighted by atomic mass is 10.7. The second kappa shape index (κ2) is 6.33. The molecule has 0 saturated heterocycles. The summed E-state index contributed by atoms with van der Waals surface area (Å²) < 4.78 is 35.3. The fraction of sp³-hybridized carbons (Fsp3) is 0.571. The van der Waals surface area contributed by atoms with E-state index in [1.165, 1.54) is 11.8 Å². The van der Waals surface area contributed by atoms with Crippen LogP contribution >= 0.6 is 0 Å². The molecule has 0 spiro atoms. The number of carbonyl (C=O) groups is 1. The average molecular weight is 199 g/mol. The third-order valence-corrected chi connectivity index (χ3v) is 0.847. The summed E-state index contributed by atoms with van der Waals surface area (Å²) >= 11 is 0. The molecule has 0 radical (unpaired) electrons. The zero-order valence-electron chi connectivity index (χ0n) is 7.68. The van der Waals surface area contributed by atoms with Crippen LogP contribution in [0.15, 0.2) is 12.8 Å². The van der Waals surface area contributed by atoms with Crippen molar-refractivity contribution in [2.24, 2.45) is 0 Å². The first-order valence-electron chi connectivity index (χ1n) is 3.24. The van der Waals surface area contributed by atoms with Crippen molar-refractivity contribution >= 4 is 5.91 Å². The van der Waals surface area contributed by atoms with Gasteiger partial charge in [-0.3, -0.25) is 4.79 Å². The third-order valence-electron chi connectivity index (χ3n) is 0.847. The summed E-state index contributed by atoms with van der Waals surface area (Å²) in [4.78, 5) is 11.6. The standard InChI is InChI=1S/C4H9NO.C3H3F3O/c1-4(6)5(2)3;1-2-7-3(4,5)6/h1-3H3;2H,1H2. The lowest BCUT2D eigenvalue weighted by Gasteiger charge is -2.02. The predicted molar refractivity (Wildman–Crippen MR) is 41.7 cm³/mol. The second-order valence-corrected chi connectivity index (χ2v) is 2.14. The molecule has 0 aliphatic rings. The molecule has 0 saturated carbocycles. The fourth-order valence-corrected chi connectivity index (χ4v) is 0.0945. The Morgan fingerprint density at radius 1 is 1.46 bits per heavy atom. The number of carbonyl (C=O) groups excluding carboxylic acids is 1. The average Bonchev–Trinajstić information content (AvgIpc) is 1.85. The third kappa shape index (κ3) is 18.1. The van der Waals surface area contributed by atoms with Crippen LogP contribution in [0.2, 0.25) is 0 Å². The molecule has 0 aliphatic carbocycles. The van der Waals surface area contributed by atoms with Gasteiger partial charge in [-0.2, -0.15) is 0 Å². The van der Waals surface area contributed by atoms with Gasteiger partial charge in [-0.05, 0) is 0 Å². The van der Waals surface area contributed by atoms with Gasteiger partial charge in [0.1, 0.15) is 0 Å². The summed E-state index contributed by atoms with van der Waals surface area (Å²) in [5, 5.41) is 0. The first-order valence-corrected chi connectivity index (χ1v) is 3.24. The highest BCUT2D eigenvalue weighted by Crippen LogP contribution is 2.15. The van der Waals surface area contributed by atoms with Crippen LogP contribution in [0.25, 0.3) is 0 Å². The zero-order valence-corrected chi connectivity index (χ0v) is 7.68. The molecule has 6 heteroatoms. The van der Waals surface area contributed by atoms with E-state index in [1.807, 2.05) is 0 Å². The Labute approximate surface area is 74.8 Å². The van der Waals surface area contributed by atoms with Crippen LogP contribution in [0.5, 0.6) is 0 Å². The van der Waals surface area contributed by atoms with E-state index in [1.54, 1.807) is 14.1 Å². The minimum atomic E-state index is -4.57. The molecule has 0 atom stereocenters. The van der Waals surface area contributed by atoms with Gasteiger partial charge in [0.2, 0.25) is 5.91 Å². The number of alkyl halides is 3. The molecule has 13 heavy (non-hydrogen) atoms. The van der Waals surface area contributed by atoms with Crippen LogP contribution in [-0.2, 0) is 9.53 Å². The van der Waals surface area contributed by atoms with Crippen molar-refractivity contribution in [1.29, 1.82) is 0 Å². The Kier molecular flexibility index (Phi) is 6.98. The van der Waals surface area contributed by atoms with E-state index >= 15 is 0 Å². The van der Waals surface area contributed by atoms with Gasteiger partial charge in [0, 0.05) is 21.0 Å². The SMILES string of the molecule is C=COC(F)(F)F.CC(=O)N(C)C. The quantitative estimate of drug-likeness (QED) is 0.602. The molecule has 0 N–H and O–H groups in total. The Balaban J connectivity index is 0. The number of amides is 1. The van der Waals surface area contributed by atoms with Gasteiger partial charge in [-0.1, -0.05) is 6.58 Å². The molecule has 78 valence electrons. The van der Waals surface area contributed by atoms with Crippen LogP contribution < -0.4 is 0 Å². The summed E-state index contributed by atoms with van der Waals surface area (Å²) in [7, 11) is 3.45. The van der Waals surface area contributed by atoms with Crippen molar-refractivity contribution in [2.75, 3.05) is 14.1 Å². The highest BCUT2D eigenvalue weighted by atomic mass is 19.4. The molecular formula is C7H12F3NO2. The molecule has 3 nitrogen and oxygen atoms in total. The van der Waals surface area contributed by atoms with E-state index in [4.69, 9.17) is 0 Å². The minimum Gasteiger partial charge on any atom is -0.414 e. The lowest BCUT2D eigenvalue weighted by molar-refractivity contribution is -0.297. The molecule has 0 bridgehead atoms. The molecule has 0 heterocycles. The van der Waals surface area contributed by atoms with Gasteiger partial charge in [0.25, 0.3) is 0 Å². The van der Waals surface area contributed by atoms with E-state index in [9.17, 15) is 18.0 Å². The summed E-state index contributed by atoms with van der Waals surface area (Å²) in [6.45, 7) is 4.23. The van der Waals surface area contributed by atoms with Crippen molar-refractivity contribution in [2.45, 2.75) is 13.3 Å². The first kappa shape index (κ1) is 14.3. The molecule has 0 unspecified atom stereocenters. The van der Waals surface area contributed by atoms with Crippen molar-refractivity contribution in [3.05, 3.63) is 12.8 Å². The van der Waals surface area contributed by atoms with E-state index in [-0.39, 0.29) is 5.91 Å². The topological polar surface area (TPSA) is 29.5 Å². The summed E-state index contributed by atoms with van der Waals surface area (Å²) in [5.74, 6) is 0.0926. The van der Waals surface area contributed by atoms with Gasteiger partial charge < -0.3 is 9.64 Å². The maximum Gasteiger partial charge on any atom is 0.572 e. The van der Waals surface area contributed by atoms with E-state index < -0.39 is 6.36 Å². The molecule has 0 aromatic heterocycles. The Hall–Kier alpha value is -1.20. The van der Waals surface area contributed by atoms with Crippen LogP contribution in [-0.4, -0.2) is 31.3 Å². The second-order valence-electron chi connectivity index (χ2n) is 2.14. The van der Waals surface area contributed by atoms with E-state index in [0.29, 0.717) is 6.26 Å². The number of hydrogen-bond acceptors (Lipinski definition) is 2. The van der Waals surface area contributed by atoms with Crippen molar-refractivity contribution < 1.29 is 22.7 Å². The maximum atomic E-state index is 10.8. The van der Waals surface area contributed by atoms with Crippen molar-refractivity contribution in [1.82, 2.24) is 4.90 Å². The largest absolute Gasteiger partial charge is 0.572 e. The maximum absolute atomic E-state index is 10.8. The molecular weight excluding hydrogens is 187 g/mol. The molecule has 0 rings (SSSR count). The normalized spacial score (nSPS) is 9.38. The van der Waals surface area contributed by atoms with Crippen LogP contribution in [0.3, 0.4) is 0 Å². The smallest absolute Gasteiger partial charge is 0.414 e. The summed E-state index contributed by atoms with van der Waals surface area (Å²) in [6.07, 6.45) is -4.23. The monoisotopic (exact) mass is 199 g/mol. The van der Waals surface area contributed by atoms with Crippen LogP contribution in [0.1, 0.15) is 6.92 Å². The first-order chi connectivity index (χ1) is 5.70. The fourth-order valence-electron chi connectivity index (χ4n) is 0.0945. The summed E-state index contributed by atoms with van der Waals surface area (Å²) in [6, 6.07) is 0. The van der Waals surface area contributed by atoms with Gasteiger partial charge in [-0.25, -0.2) is 0 Å². The Morgan fingerprint density at radius 2 is 1.77 bits per heavy atom. The highest BCUT2D eigenvalue weighted by Gasteiger charge is 2.28. The van der Waals surface area contributed by atoms with Crippen LogP contribution in [0, 0.1) is 0 Å². The molecule has 1 amide bonds. The predicted octanol–water partition coefficient (Wildman–Crippen LogP) is 1.76. The zero-order chi connectivity index (χ0) is 11.1. The van der Waals surface area contributed by atoms with Gasteiger partial charge in [0.05, 0.1) is 6.26 Å². The van der Waals surface area contributed by atoms with E-state index in [2.05, 4.69) is 11.3 Å². The Morgan fingerprint density at radius 3 is 1.77 bits per heavy atom. The van der Waals surface area contributed by atoms with Crippen molar-refractivity contribution in [3.8, 4) is 0 Å². The van der Waals surface area contributed by atoms with E-state index in [0.717, 1.165) is 0 Å². The van der Waals surface area contributed by atoms with Crippen LogP contribution in [0.4, 0.5) is 13.2 Å². The molecule has 0 fully saturated rings. The molecule has 0 aromatic carbocycles. The number of nitrogens with zero attached hydrogens (tertiary/aromatic N) is 1. The van der Waals surface area contributed by atoms with Crippen molar-refractivity contribution in [3.63, 3.8) is 0 Å². The lowest BCUT2D eigenvalue weighted by Crippen LogP contribution is -2.17. The molecule has 0 aliphatic heterocycles. The minimum absolute atomic E-state index is 0.0926. The number of rotatable bonds is 1. The molecule has 0 aromatic rings. The van der Waals surface area contributed by atoms with Gasteiger partial charge >= 0.3 is 6.36 Å². The van der Waals surface area contributed by atoms with Gasteiger partial charge in [-0.15, -0.1) is 13.2 Å². The highest BCUT2D eigenvalue weighted by molar-refractivity contribution is 5.72. The number of hydrogen-bond donors (Lipinski definition) is 0. The number of halogens is 3. The Bertz CT molecular complexity index is 166. The van der Waals surface area contributed by atoms with Gasteiger partial charge in [0.15, 0.2) is 0 Å². The summed E-state index contributed by atoms with van der Waals surface area (Å²) in [5.41, 5.74) is 0.